The Bertz CT molecular complexity index is 836. The minimum absolute atomic E-state index is 0. The van der Waals surface area contributed by atoms with Gasteiger partial charge in [0.2, 0.25) is 0 Å². The van der Waals surface area contributed by atoms with Crippen LogP contribution in [0.25, 0.3) is 10.8 Å². The average molecular weight is 385 g/mol. The normalized spacial score (nSPS) is 14.3. The topological polar surface area (TPSA) is 45.1 Å². The molecule has 2 atom stereocenters. The van der Waals surface area contributed by atoms with Crippen molar-refractivity contribution in [1.29, 1.82) is 0 Å². The minimum atomic E-state index is -0.757. The molecule has 1 aromatic heterocycles. The van der Waals surface area contributed by atoms with E-state index >= 15 is 0 Å². The summed E-state index contributed by atoms with van der Waals surface area (Å²) < 4.78 is 0. The summed E-state index contributed by atoms with van der Waals surface area (Å²) in [5.74, 6) is 0. The van der Waals surface area contributed by atoms with Crippen LogP contribution in [0.2, 0.25) is 0 Å². The maximum atomic E-state index is 10.7. The molecule has 0 amide bonds. The van der Waals surface area contributed by atoms with Crippen molar-refractivity contribution < 1.29 is 5.11 Å². The Morgan fingerprint density at radius 3 is 2.63 bits per heavy atom. The van der Waals surface area contributed by atoms with E-state index in [1.807, 2.05) is 55.7 Å². The summed E-state index contributed by atoms with van der Waals surface area (Å²) in [7, 11) is 0. The van der Waals surface area contributed by atoms with Gasteiger partial charge in [0.05, 0.1) is 5.60 Å². The summed E-state index contributed by atoms with van der Waals surface area (Å²) in [6, 6.07) is 18.9. The smallest absolute Gasteiger partial charge is 0.0868 e. The Labute approximate surface area is 168 Å². The minimum Gasteiger partial charge on any atom is -0.385 e. The average Bonchev–Trinajstić information content (AvgIpc) is 2.67. The molecule has 1 unspecified atom stereocenters. The highest BCUT2D eigenvalue weighted by molar-refractivity contribution is 5.85. The molecule has 0 aliphatic rings. The number of nitrogens with one attached hydrogen (secondary N) is 1. The van der Waals surface area contributed by atoms with Crippen LogP contribution in [0, 0.1) is 0 Å². The van der Waals surface area contributed by atoms with E-state index in [9.17, 15) is 5.11 Å². The second kappa shape index (κ2) is 9.84. The third-order valence-corrected chi connectivity index (χ3v) is 5.06. The van der Waals surface area contributed by atoms with Crippen molar-refractivity contribution in [3.63, 3.8) is 0 Å². The van der Waals surface area contributed by atoms with Crippen LogP contribution in [0.5, 0.6) is 0 Å². The monoisotopic (exact) mass is 384 g/mol. The number of halogens is 1. The number of fused-ring (bicyclic) bond motifs is 1. The molecule has 1 heterocycles. The van der Waals surface area contributed by atoms with E-state index in [4.69, 9.17) is 0 Å². The molecule has 3 aromatic rings. The molecule has 0 saturated carbocycles. The lowest BCUT2D eigenvalue weighted by Gasteiger charge is -2.24. The largest absolute Gasteiger partial charge is 0.385 e. The zero-order chi connectivity index (χ0) is 18.4. The van der Waals surface area contributed by atoms with Gasteiger partial charge in [-0.2, -0.15) is 0 Å². The number of pyridine rings is 1. The molecule has 4 heteroatoms. The summed E-state index contributed by atoms with van der Waals surface area (Å²) in [5, 5.41) is 16.7. The van der Waals surface area contributed by atoms with E-state index in [1.165, 1.54) is 16.3 Å². The van der Waals surface area contributed by atoms with Gasteiger partial charge in [0.25, 0.3) is 0 Å². The van der Waals surface area contributed by atoms with Gasteiger partial charge in [0.15, 0.2) is 0 Å². The fraction of sp³-hybridized carbons (Fsp3) is 0.348. The lowest BCUT2D eigenvalue weighted by Crippen LogP contribution is -2.27. The molecular formula is C23H29ClN2O. The van der Waals surface area contributed by atoms with E-state index < -0.39 is 5.60 Å². The second-order valence-electron chi connectivity index (χ2n) is 7.37. The molecule has 27 heavy (non-hydrogen) atoms. The van der Waals surface area contributed by atoms with Gasteiger partial charge in [-0.25, -0.2) is 0 Å². The first-order chi connectivity index (χ1) is 12.5. The Kier molecular flexibility index (Phi) is 7.78. The fourth-order valence-electron chi connectivity index (χ4n) is 3.33. The van der Waals surface area contributed by atoms with Crippen LogP contribution in [0.4, 0.5) is 0 Å². The molecule has 0 radical (unpaired) electrons. The van der Waals surface area contributed by atoms with Gasteiger partial charge in [-0.1, -0.05) is 42.5 Å². The Morgan fingerprint density at radius 1 is 1.07 bits per heavy atom. The molecular weight excluding hydrogens is 356 g/mol. The van der Waals surface area contributed by atoms with Crippen LogP contribution in [-0.2, 0) is 12.1 Å². The van der Waals surface area contributed by atoms with E-state index in [0.717, 1.165) is 31.4 Å². The molecule has 2 N–H and O–H groups in total. The van der Waals surface area contributed by atoms with Gasteiger partial charge in [0, 0.05) is 30.4 Å². The number of aromatic nitrogens is 1. The Balaban J connectivity index is 0.00000261. The molecule has 0 aliphatic carbocycles. The molecule has 0 spiro atoms. The molecule has 3 nitrogen and oxygen atoms in total. The lowest BCUT2D eigenvalue weighted by molar-refractivity contribution is 0.0443. The molecule has 3 rings (SSSR count). The van der Waals surface area contributed by atoms with Crippen molar-refractivity contribution in [2.45, 2.75) is 51.3 Å². The summed E-state index contributed by atoms with van der Waals surface area (Å²) in [5.41, 5.74) is 1.52. The van der Waals surface area contributed by atoms with Crippen molar-refractivity contribution >= 4 is 23.2 Å². The van der Waals surface area contributed by atoms with Crippen LogP contribution in [0.15, 0.2) is 67.0 Å². The molecule has 144 valence electrons. The predicted octanol–water partition coefficient (Wildman–Crippen LogP) is 5.21. The van der Waals surface area contributed by atoms with E-state index in [2.05, 4.69) is 35.4 Å². The molecule has 2 aromatic carbocycles. The first-order valence-electron chi connectivity index (χ1n) is 9.38. The number of nitrogens with zero attached hydrogens (tertiary/aromatic N) is 1. The van der Waals surface area contributed by atoms with Crippen LogP contribution in [0.3, 0.4) is 0 Å². The highest BCUT2D eigenvalue weighted by Gasteiger charge is 2.22. The number of hydrogen-bond donors (Lipinski definition) is 2. The SMILES string of the molecule is C[C@H](CCCC(C)(O)c1ccccc1)NCc1ccc2cnccc2c1.Cl. The highest BCUT2D eigenvalue weighted by Crippen LogP contribution is 2.26. The number of aliphatic hydroxyl groups is 1. The summed E-state index contributed by atoms with van der Waals surface area (Å²) in [6.07, 6.45) is 6.53. The maximum absolute atomic E-state index is 10.7. The van der Waals surface area contributed by atoms with Crippen molar-refractivity contribution in [2.24, 2.45) is 0 Å². The lowest BCUT2D eigenvalue weighted by atomic mass is 9.90. The molecule has 0 bridgehead atoms. The van der Waals surface area contributed by atoms with Crippen molar-refractivity contribution in [2.75, 3.05) is 0 Å². The van der Waals surface area contributed by atoms with Crippen LogP contribution < -0.4 is 5.32 Å². The van der Waals surface area contributed by atoms with Gasteiger partial charge in [-0.05, 0) is 61.8 Å². The number of hydrogen-bond acceptors (Lipinski definition) is 3. The van der Waals surface area contributed by atoms with E-state index in [1.54, 1.807) is 0 Å². The van der Waals surface area contributed by atoms with Gasteiger partial charge in [0.1, 0.15) is 0 Å². The highest BCUT2D eigenvalue weighted by atomic mass is 35.5. The predicted molar refractivity (Wildman–Crippen MR) is 115 cm³/mol. The summed E-state index contributed by atoms with van der Waals surface area (Å²) in [6.45, 7) is 4.97. The van der Waals surface area contributed by atoms with Gasteiger partial charge < -0.3 is 10.4 Å². The van der Waals surface area contributed by atoms with Crippen LogP contribution in [0.1, 0.15) is 44.2 Å². The fourth-order valence-corrected chi connectivity index (χ4v) is 3.33. The van der Waals surface area contributed by atoms with E-state index in [-0.39, 0.29) is 12.4 Å². The van der Waals surface area contributed by atoms with Gasteiger partial charge >= 0.3 is 0 Å². The van der Waals surface area contributed by atoms with Gasteiger partial charge in [-0.3, -0.25) is 4.98 Å². The van der Waals surface area contributed by atoms with Crippen LogP contribution >= 0.6 is 12.4 Å². The van der Waals surface area contributed by atoms with Gasteiger partial charge in [-0.15, -0.1) is 12.4 Å². The quantitative estimate of drug-likeness (QED) is 0.560. The Morgan fingerprint density at radius 2 is 1.85 bits per heavy atom. The van der Waals surface area contributed by atoms with Crippen molar-refractivity contribution in [3.05, 3.63) is 78.1 Å². The summed E-state index contributed by atoms with van der Waals surface area (Å²) in [4.78, 5) is 4.16. The molecule has 0 saturated heterocycles. The standard InChI is InChI=1S/C23H28N2O.ClH/c1-18(7-6-13-23(2,26)22-8-4-3-5-9-22)25-16-19-10-11-21-17-24-14-12-20(21)15-19;/h3-5,8-12,14-15,17-18,25-26H,6-7,13,16H2,1-2H3;1H/t18-,23?;/m1./s1. The summed E-state index contributed by atoms with van der Waals surface area (Å²) >= 11 is 0. The third kappa shape index (κ3) is 6.03. The number of rotatable bonds is 8. The maximum Gasteiger partial charge on any atom is 0.0868 e. The molecule has 0 fully saturated rings. The number of benzene rings is 2. The van der Waals surface area contributed by atoms with Crippen molar-refractivity contribution in [1.82, 2.24) is 10.3 Å². The second-order valence-corrected chi connectivity index (χ2v) is 7.37. The Hall–Kier alpha value is -1.94. The molecule has 0 aliphatic heterocycles. The first-order valence-corrected chi connectivity index (χ1v) is 9.38. The van der Waals surface area contributed by atoms with Crippen LogP contribution in [-0.4, -0.2) is 16.1 Å². The van der Waals surface area contributed by atoms with E-state index in [0.29, 0.717) is 6.04 Å². The van der Waals surface area contributed by atoms with Crippen molar-refractivity contribution in [3.8, 4) is 0 Å². The third-order valence-electron chi connectivity index (χ3n) is 5.06. The zero-order valence-electron chi connectivity index (χ0n) is 16.1. The zero-order valence-corrected chi connectivity index (χ0v) is 16.9. The first kappa shape index (κ1) is 21.4.